The number of aryl methyl sites for hydroxylation is 1. The van der Waals surface area contributed by atoms with Crippen LogP contribution in [0.5, 0.6) is 6.01 Å². The molecule has 6 rings (SSSR count). The van der Waals surface area contributed by atoms with Crippen LogP contribution in [0.4, 0.5) is 11.5 Å². The molecule has 200 valence electrons. The maximum atomic E-state index is 9.27. The third-order valence-electron chi connectivity index (χ3n) is 8.44. The summed E-state index contributed by atoms with van der Waals surface area (Å²) in [6, 6.07) is 9.85. The SMILES string of the molecule is CN1CCCC1COc1nc2c(c(N3CCNC(CC#N)C3)n1)CCN(c1cccc3c1C(Cl)=CCC3)C2. The Labute approximate surface area is 230 Å². The number of hydrogen-bond acceptors (Lipinski definition) is 8. The van der Waals surface area contributed by atoms with Crippen LogP contribution in [0.2, 0.25) is 0 Å². The van der Waals surface area contributed by atoms with Crippen LogP contribution in [0, 0.1) is 11.3 Å². The summed E-state index contributed by atoms with van der Waals surface area (Å²) >= 11 is 6.73. The molecule has 2 unspecified atom stereocenters. The second kappa shape index (κ2) is 11.1. The lowest BCUT2D eigenvalue weighted by Gasteiger charge is -2.38. The minimum atomic E-state index is 0.140. The molecule has 1 aromatic heterocycles. The summed E-state index contributed by atoms with van der Waals surface area (Å²) in [7, 11) is 2.16. The van der Waals surface area contributed by atoms with Gasteiger partial charge in [-0.15, -0.1) is 0 Å². The highest BCUT2D eigenvalue weighted by atomic mass is 35.5. The topological polar surface area (TPSA) is 80.5 Å². The molecule has 8 nitrogen and oxygen atoms in total. The summed E-state index contributed by atoms with van der Waals surface area (Å²) in [5.41, 5.74) is 5.90. The number of rotatable bonds is 6. The fraction of sp³-hybridized carbons (Fsp3) is 0.552. The van der Waals surface area contributed by atoms with Crippen molar-refractivity contribution >= 4 is 28.1 Å². The smallest absolute Gasteiger partial charge is 0.318 e. The molecule has 3 aliphatic heterocycles. The molecule has 1 aliphatic carbocycles. The molecule has 1 N–H and O–H groups in total. The van der Waals surface area contributed by atoms with E-state index in [-0.39, 0.29) is 6.04 Å². The number of aromatic nitrogens is 2. The maximum absolute atomic E-state index is 9.27. The zero-order chi connectivity index (χ0) is 26.1. The lowest BCUT2D eigenvalue weighted by Crippen LogP contribution is -2.51. The average molecular weight is 534 g/mol. The van der Waals surface area contributed by atoms with Crippen molar-refractivity contribution in [3.8, 4) is 12.1 Å². The Hall–Kier alpha value is -2.86. The van der Waals surface area contributed by atoms with Gasteiger partial charge < -0.3 is 24.8 Å². The molecule has 2 fully saturated rings. The van der Waals surface area contributed by atoms with E-state index in [4.69, 9.17) is 26.3 Å². The molecule has 4 heterocycles. The number of nitrogens with one attached hydrogen (secondary N) is 1. The summed E-state index contributed by atoms with van der Waals surface area (Å²) in [4.78, 5) is 17.1. The second-order valence-corrected chi connectivity index (χ2v) is 11.3. The number of likely N-dealkylation sites (N-methyl/N-ethyl adjacent to an activating group) is 1. The van der Waals surface area contributed by atoms with Crippen molar-refractivity contribution < 1.29 is 4.74 Å². The van der Waals surface area contributed by atoms with Crippen molar-refractivity contribution in [2.75, 3.05) is 56.2 Å². The number of nitrogens with zero attached hydrogens (tertiary/aromatic N) is 6. The summed E-state index contributed by atoms with van der Waals surface area (Å²) < 4.78 is 6.27. The third kappa shape index (κ3) is 5.07. The largest absolute Gasteiger partial charge is 0.462 e. The van der Waals surface area contributed by atoms with Crippen LogP contribution in [0.3, 0.4) is 0 Å². The zero-order valence-corrected chi connectivity index (χ0v) is 22.9. The van der Waals surface area contributed by atoms with Crippen molar-refractivity contribution in [1.82, 2.24) is 20.2 Å². The predicted octanol–water partition coefficient (Wildman–Crippen LogP) is 3.73. The predicted molar refractivity (Wildman–Crippen MR) is 151 cm³/mol. The van der Waals surface area contributed by atoms with E-state index in [1.165, 1.54) is 28.8 Å². The Balaban J connectivity index is 1.32. The highest BCUT2D eigenvalue weighted by Gasteiger charge is 2.30. The minimum absolute atomic E-state index is 0.140. The summed E-state index contributed by atoms with van der Waals surface area (Å²) in [6.45, 7) is 5.73. The number of nitriles is 1. The minimum Gasteiger partial charge on any atom is -0.462 e. The molecule has 0 bridgehead atoms. The van der Waals surface area contributed by atoms with E-state index >= 15 is 0 Å². The first kappa shape index (κ1) is 25.4. The maximum Gasteiger partial charge on any atom is 0.318 e. The molecule has 0 radical (unpaired) electrons. The first-order valence-electron chi connectivity index (χ1n) is 13.9. The van der Waals surface area contributed by atoms with Gasteiger partial charge >= 0.3 is 6.01 Å². The molecule has 2 saturated heterocycles. The van der Waals surface area contributed by atoms with Crippen LogP contribution in [0.15, 0.2) is 24.3 Å². The van der Waals surface area contributed by atoms with Gasteiger partial charge in [-0.05, 0) is 57.3 Å². The van der Waals surface area contributed by atoms with Gasteiger partial charge in [0.15, 0.2) is 0 Å². The molecule has 1 aromatic carbocycles. The number of piperazine rings is 1. The Bertz CT molecular complexity index is 1260. The van der Waals surface area contributed by atoms with Crippen molar-refractivity contribution in [2.45, 2.75) is 57.2 Å². The number of fused-ring (bicyclic) bond motifs is 2. The van der Waals surface area contributed by atoms with E-state index in [1.54, 1.807) is 0 Å². The Morgan fingerprint density at radius 1 is 1.18 bits per heavy atom. The molecule has 0 amide bonds. The van der Waals surface area contributed by atoms with Gasteiger partial charge in [0.1, 0.15) is 12.4 Å². The fourth-order valence-electron chi connectivity index (χ4n) is 6.34. The normalized spacial score (nSPS) is 23.4. The van der Waals surface area contributed by atoms with Crippen molar-refractivity contribution in [3.63, 3.8) is 0 Å². The van der Waals surface area contributed by atoms with Crippen molar-refractivity contribution in [2.24, 2.45) is 0 Å². The third-order valence-corrected chi connectivity index (χ3v) is 8.78. The molecule has 4 aliphatic rings. The lowest BCUT2D eigenvalue weighted by molar-refractivity contribution is 0.187. The van der Waals surface area contributed by atoms with Crippen molar-refractivity contribution in [3.05, 3.63) is 46.7 Å². The van der Waals surface area contributed by atoms with Crippen molar-refractivity contribution in [1.29, 1.82) is 5.26 Å². The summed E-state index contributed by atoms with van der Waals surface area (Å²) in [6.07, 6.45) is 7.84. The molecule has 9 heteroatoms. The monoisotopic (exact) mass is 533 g/mol. The first-order chi connectivity index (χ1) is 18.6. The highest BCUT2D eigenvalue weighted by Crippen LogP contribution is 2.39. The van der Waals surface area contributed by atoms with E-state index in [1.807, 2.05) is 0 Å². The van der Waals surface area contributed by atoms with Gasteiger partial charge in [0.2, 0.25) is 0 Å². The lowest BCUT2D eigenvalue weighted by atomic mass is 9.94. The van der Waals surface area contributed by atoms with Gasteiger partial charge in [0, 0.05) is 60.1 Å². The molecule has 38 heavy (non-hydrogen) atoms. The van der Waals surface area contributed by atoms with Crippen LogP contribution in [-0.4, -0.2) is 73.3 Å². The van der Waals surface area contributed by atoms with Gasteiger partial charge in [0.05, 0.1) is 24.7 Å². The summed E-state index contributed by atoms with van der Waals surface area (Å²) in [5, 5.41) is 13.6. The molecular weight excluding hydrogens is 498 g/mol. The zero-order valence-electron chi connectivity index (χ0n) is 22.1. The van der Waals surface area contributed by atoms with E-state index in [2.05, 4.69) is 57.4 Å². The molecule has 2 aromatic rings. The van der Waals surface area contributed by atoms with Gasteiger partial charge in [-0.2, -0.15) is 15.2 Å². The average Bonchev–Trinajstić information content (AvgIpc) is 3.35. The standard InChI is InChI=1S/C29H36ClN7O/c1-35-14-4-7-22(35)19-38-29-33-25-18-36(26-9-3-6-20-5-2-8-24(30)27(20)26)15-11-23(25)28(34-29)37-16-13-32-21(17-37)10-12-31/h3,6,8-9,21-22,32H,2,4-5,7,10-11,13-19H2,1H3. The number of benzene rings is 1. The Kier molecular flexibility index (Phi) is 7.42. The fourth-order valence-corrected chi connectivity index (χ4v) is 6.66. The quantitative estimate of drug-likeness (QED) is 0.601. The van der Waals surface area contributed by atoms with E-state index in [9.17, 15) is 5.26 Å². The van der Waals surface area contributed by atoms with Gasteiger partial charge in [-0.25, -0.2) is 0 Å². The van der Waals surface area contributed by atoms with E-state index in [0.29, 0.717) is 31.6 Å². The summed E-state index contributed by atoms with van der Waals surface area (Å²) in [5.74, 6) is 0.974. The van der Waals surface area contributed by atoms with Crippen LogP contribution in [-0.2, 0) is 19.4 Å². The van der Waals surface area contributed by atoms with E-state index < -0.39 is 0 Å². The molecule has 2 atom stereocenters. The number of halogens is 1. The second-order valence-electron chi connectivity index (χ2n) is 10.9. The van der Waals surface area contributed by atoms with Crippen LogP contribution >= 0.6 is 11.6 Å². The van der Waals surface area contributed by atoms with Crippen LogP contribution < -0.4 is 19.9 Å². The van der Waals surface area contributed by atoms with E-state index in [0.717, 1.165) is 75.0 Å². The number of ether oxygens (including phenoxy) is 1. The Morgan fingerprint density at radius 2 is 2.11 bits per heavy atom. The first-order valence-corrected chi connectivity index (χ1v) is 14.3. The molecule has 0 spiro atoms. The van der Waals surface area contributed by atoms with Crippen LogP contribution in [0.1, 0.15) is 48.1 Å². The van der Waals surface area contributed by atoms with Gasteiger partial charge in [0.25, 0.3) is 0 Å². The van der Waals surface area contributed by atoms with Crippen LogP contribution in [0.25, 0.3) is 5.03 Å². The number of likely N-dealkylation sites (tertiary alicyclic amines) is 1. The van der Waals surface area contributed by atoms with Gasteiger partial charge in [-0.3, -0.25) is 0 Å². The number of allylic oxidation sites excluding steroid dienone is 1. The molecule has 0 saturated carbocycles. The Morgan fingerprint density at radius 3 is 2.95 bits per heavy atom. The van der Waals surface area contributed by atoms with Gasteiger partial charge in [-0.1, -0.05) is 29.8 Å². The number of hydrogen-bond donors (Lipinski definition) is 1. The number of anilines is 2. The highest BCUT2D eigenvalue weighted by molar-refractivity contribution is 6.49. The molecular formula is C29H36ClN7O.